The van der Waals surface area contributed by atoms with Gasteiger partial charge in [0.05, 0.1) is 6.61 Å². The molecule has 0 saturated carbocycles. The second-order valence-corrected chi connectivity index (χ2v) is 9.68. The van der Waals surface area contributed by atoms with E-state index in [1.807, 2.05) is 71.8 Å². The van der Waals surface area contributed by atoms with Crippen molar-refractivity contribution in [3.8, 4) is 0 Å². The number of nitrogens with one attached hydrogen (secondary N) is 2. The molecule has 0 saturated heterocycles. The third-order valence-corrected chi connectivity index (χ3v) is 6.70. The maximum Gasteiger partial charge on any atom is 0.322 e. The van der Waals surface area contributed by atoms with Gasteiger partial charge in [-0.3, -0.25) is 4.79 Å². The number of methoxy groups -OCH3 is 1. The number of H-pyrrole nitrogens is 1. The van der Waals surface area contributed by atoms with Crippen LogP contribution in [-0.4, -0.2) is 60.1 Å². The van der Waals surface area contributed by atoms with Crippen LogP contribution in [0.2, 0.25) is 0 Å². The summed E-state index contributed by atoms with van der Waals surface area (Å²) in [7, 11) is 1.58. The number of hydrogen-bond donors (Lipinski definition) is 2. The summed E-state index contributed by atoms with van der Waals surface area (Å²) in [6.45, 7) is 1.57. The van der Waals surface area contributed by atoms with Gasteiger partial charge in [0.25, 0.3) is 0 Å². The van der Waals surface area contributed by atoms with Crippen LogP contribution in [0.4, 0.5) is 10.5 Å². The molecule has 1 aromatic heterocycles. The van der Waals surface area contributed by atoms with E-state index in [1.165, 1.54) is 4.90 Å². The standard InChI is InChI=1S/C29H31BrN4O3/c1-37-18-17-34(29(36)32-25-13-11-24(30)12-14-25)21-28(35)33(20-22-7-3-2-4-8-22)16-15-23-19-31-27-10-6-5-9-26(23)27/h2-14,19,31H,15-18,20-21H2,1H3,(H,32,36). The Bertz CT molecular complexity index is 1310. The number of aromatic amines is 1. The van der Waals surface area contributed by atoms with Crippen molar-refractivity contribution in [2.24, 2.45) is 0 Å². The summed E-state index contributed by atoms with van der Waals surface area (Å²) in [6, 6.07) is 25.0. The van der Waals surface area contributed by atoms with Crippen molar-refractivity contribution in [1.29, 1.82) is 0 Å². The Morgan fingerprint density at radius 1 is 0.919 bits per heavy atom. The molecule has 8 heteroatoms. The zero-order valence-electron chi connectivity index (χ0n) is 20.8. The smallest absolute Gasteiger partial charge is 0.322 e. The first-order chi connectivity index (χ1) is 18.0. The molecule has 0 fully saturated rings. The lowest BCUT2D eigenvalue weighted by atomic mass is 10.1. The third kappa shape index (κ3) is 7.44. The van der Waals surface area contributed by atoms with Crippen molar-refractivity contribution in [2.75, 3.05) is 38.7 Å². The SMILES string of the molecule is COCCN(CC(=O)N(CCc1c[nH]c2ccccc12)Cc1ccccc1)C(=O)Nc1ccc(Br)cc1. The number of urea groups is 1. The van der Waals surface area contributed by atoms with Crippen molar-refractivity contribution >= 4 is 44.5 Å². The Kier molecular flexibility index (Phi) is 9.35. The normalized spacial score (nSPS) is 10.9. The number of halogens is 1. The number of benzene rings is 3. The van der Waals surface area contributed by atoms with Crippen LogP contribution in [0, 0.1) is 0 Å². The summed E-state index contributed by atoms with van der Waals surface area (Å²) < 4.78 is 6.13. The molecule has 4 aromatic rings. The molecule has 2 N–H and O–H groups in total. The van der Waals surface area contributed by atoms with Crippen molar-refractivity contribution in [3.05, 3.63) is 101 Å². The van der Waals surface area contributed by atoms with E-state index in [0.29, 0.717) is 38.3 Å². The number of para-hydroxylation sites is 1. The van der Waals surface area contributed by atoms with Crippen LogP contribution in [0.5, 0.6) is 0 Å². The quantitative estimate of drug-likeness (QED) is 0.247. The number of hydrogen-bond acceptors (Lipinski definition) is 3. The summed E-state index contributed by atoms with van der Waals surface area (Å²) in [5.74, 6) is -0.120. The van der Waals surface area contributed by atoms with Crippen LogP contribution in [0.1, 0.15) is 11.1 Å². The van der Waals surface area contributed by atoms with E-state index < -0.39 is 0 Å². The van der Waals surface area contributed by atoms with Gasteiger partial charge in [-0.25, -0.2) is 4.79 Å². The van der Waals surface area contributed by atoms with Gasteiger partial charge in [0, 0.05) is 54.0 Å². The van der Waals surface area contributed by atoms with E-state index in [2.05, 4.69) is 32.3 Å². The van der Waals surface area contributed by atoms with E-state index in [1.54, 1.807) is 19.2 Å². The molecule has 0 aliphatic rings. The van der Waals surface area contributed by atoms with Gasteiger partial charge >= 0.3 is 6.03 Å². The minimum absolute atomic E-state index is 0.0492. The molecular weight excluding hydrogens is 532 g/mol. The molecule has 7 nitrogen and oxygen atoms in total. The van der Waals surface area contributed by atoms with Crippen LogP contribution in [0.15, 0.2) is 89.5 Å². The fourth-order valence-electron chi connectivity index (χ4n) is 4.14. The maximum atomic E-state index is 13.6. The average molecular weight is 563 g/mol. The van der Waals surface area contributed by atoms with Gasteiger partial charge in [-0.05, 0) is 47.9 Å². The Balaban J connectivity index is 1.48. The van der Waals surface area contributed by atoms with Crippen molar-refractivity contribution in [3.63, 3.8) is 0 Å². The molecule has 0 spiro atoms. The zero-order chi connectivity index (χ0) is 26.0. The molecule has 192 valence electrons. The lowest BCUT2D eigenvalue weighted by Gasteiger charge is -2.28. The van der Waals surface area contributed by atoms with Crippen molar-refractivity contribution < 1.29 is 14.3 Å². The fourth-order valence-corrected chi connectivity index (χ4v) is 4.41. The van der Waals surface area contributed by atoms with Gasteiger partial charge in [-0.15, -0.1) is 0 Å². The van der Waals surface area contributed by atoms with Crippen LogP contribution >= 0.6 is 15.9 Å². The second-order valence-electron chi connectivity index (χ2n) is 8.76. The summed E-state index contributed by atoms with van der Waals surface area (Å²) >= 11 is 3.40. The molecular formula is C29H31BrN4O3. The Morgan fingerprint density at radius 2 is 1.65 bits per heavy atom. The van der Waals surface area contributed by atoms with E-state index in [-0.39, 0.29) is 18.5 Å². The molecule has 1 heterocycles. The molecule has 4 rings (SSSR count). The number of amides is 3. The molecule has 0 atom stereocenters. The van der Waals surface area contributed by atoms with E-state index in [0.717, 1.165) is 26.5 Å². The summed E-state index contributed by atoms with van der Waals surface area (Å²) in [6.07, 6.45) is 2.71. The van der Waals surface area contributed by atoms with Gasteiger partial charge in [-0.1, -0.05) is 64.5 Å². The van der Waals surface area contributed by atoms with Gasteiger partial charge in [-0.2, -0.15) is 0 Å². The first kappa shape index (κ1) is 26.4. The van der Waals surface area contributed by atoms with Crippen molar-refractivity contribution in [2.45, 2.75) is 13.0 Å². The van der Waals surface area contributed by atoms with Crippen molar-refractivity contribution in [1.82, 2.24) is 14.8 Å². The Morgan fingerprint density at radius 3 is 2.41 bits per heavy atom. The highest BCUT2D eigenvalue weighted by atomic mass is 79.9. The minimum atomic E-state index is -0.344. The number of anilines is 1. The lowest BCUT2D eigenvalue weighted by molar-refractivity contribution is -0.132. The van der Waals surface area contributed by atoms with Gasteiger partial charge < -0.3 is 24.8 Å². The third-order valence-electron chi connectivity index (χ3n) is 6.17. The lowest BCUT2D eigenvalue weighted by Crippen LogP contribution is -2.46. The number of carbonyl (C=O) groups excluding carboxylic acids is 2. The molecule has 0 unspecified atom stereocenters. The van der Waals surface area contributed by atoms with Gasteiger partial charge in [0.2, 0.25) is 5.91 Å². The number of fused-ring (bicyclic) bond motifs is 1. The van der Waals surface area contributed by atoms with Crippen LogP contribution in [0.3, 0.4) is 0 Å². The highest BCUT2D eigenvalue weighted by molar-refractivity contribution is 9.10. The Hall–Kier alpha value is -3.62. The molecule has 0 aliphatic carbocycles. The van der Waals surface area contributed by atoms with E-state index in [4.69, 9.17) is 4.74 Å². The number of aromatic nitrogens is 1. The second kappa shape index (κ2) is 13.1. The fraction of sp³-hybridized carbons (Fsp3) is 0.241. The highest BCUT2D eigenvalue weighted by Gasteiger charge is 2.22. The predicted octanol–water partition coefficient (Wildman–Crippen LogP) is 5.68. The molecule has 0 aliphatic heterocycles. The largest absolute Gasteiger partial charge is 0.383 e. The summed E-state index contributed by atoms with van der Waals surface area (Å²) in [5.41, 5.74) is 3.93. The maximum absolute atomic E-state index is 13.6. The van der Waals surface area contributed by atoms with E-state index in [9.17, 15) is 9.59 Å². The Labute approximate surface area is 225 Å². The average Bonchev–Trinajstić information content (AvgIpc) is 3.33. The predicted molar refractivity (Wildman–Crippen MR) is 150 cm³/mol. The number of rotatable bonds is 11. The molecule has 37 heavy (non-hydrogen) atoms. The van der Waals surface area contributed by atoms with Crippen LogP contribution < -0.4 is 5.32 Å². The monoisotopic (exact) mass is 562 g/mol. The van der Waals surface area contributed by atoms with Crippen LogP contribution in [-0.2, 0) is 22.5 Å². The summed E-state index contributed by atoms with van der Waals surface area (Å²) in [4.78, 5) is 33.3. The molecule has 3 amide bonds. The van der Waals surface area contributed by atoms with Gasteiger partial charge in [0.1, 0.15) is 6.54 Å². The first-order valence-corrected chi connectivity index (χ1v) is 13.0. The number of ether oxygens (including phenoxy) is 1. The van der Waals surface area contributed by atoms with E-state index >= 15 is 0 Å². The summed E-state index contributed by atoms with van der Waals surface area (Å²) in [5, 5.41) is 4.04. The topological polar surface area (TPSA) is 77.7 Å². The molecule has 0 bridgehead atoms. The van der Waals surface area contributed by atoms with Gasteiger partial charge in [0.15, 0.2) is 0 Å². The molecule has 0 radical (unpaired) electrons. The van der Waals surface area contributed by atoms with Crippen LogP contribution in [0.25, 0.3) is 10.9 Å². The first-order valence-electron chi connectivity index (χ1n) is 12.2. The minimum Gasteiger partial charge on any atom is -0.383 e. The number of nitrogens with zero attached hydrogens (tertiary/aromatic N) is 2. The molecule has 3 aromatic carbocycles. The highest BCUT2D eigenvalue weighted by Crippen LogP contribution is 2.19. The number of carbonyl (C=O) groups is 2. The zero-order valence-corrected chi connectivity index (χ0v) is 22.4.